The zero-order valence-electron chi connectivity index (χ0n) is 15.0. The molecule has 0 aliphatic heterocycles. The molecular weight excluding hydrogens is 415 g/mol. The molecule has 0 aromatic heterocycles. The minimum atomic E-state index is -0.0754. The van der Waals surface area contributed by atoms with Crippen LogP contribution < -0.4 is 16.0 Å². The molecule has 5 nitrogen and oxygen atoms in total. The van der Waals surface area contributed by atoms with Crippen LogP contribution in [0.3, 0.4) is 0 Å². The molecule has 3 N–H and O–H groups in total. The van der Waals surface area contributed by atoms with Gasteiger partial charge < -0.3 is 16.0 Å². The number of amides is 1. The second kappa shape index (κ2) is 14.1. The van der Waals surface area contributed by atoms with Crippen LogP contribution in [-0.4, -0.2) is 31.5 Å². The summed E-state index contributed by atoms with van der Waals surface area (Å²) < 4.78 is 0. The average Bonchev–Trinajstić information content (AvgIpc) is 2.59. The van der Waals surface area contributed by atoms with Crippen LogP contribution in [-0.2, 0) is 11.3 Å². The van der Waals surface area contributed by atoms with E-state index in [1.807, 2.05) is 37.3 Å². The molecule has 0 unspecified atom stereocenters. The van der Waals surface area contributed by atoms with Crippen molar-refractivity contribution in [1.82, 2.24) is 16.0 Å². The summed E-state index contributed by atoms with van der Waals surface area (Å²) in [5.41, 5.74) is 1.09. The van der Waals surface area contributed by atoms with Crippen molar-refractivity contribution in [3.63, 3.8) is 0 Å². The van der Waals surface area contributed by atoms with Gasteiger partial charge in [0.1, 0.15) is 6.54 Å². The zero-order valence-corrected chi connectivity index (χ0v) is 17.3. The Morgan fingerprint density at radius 3 is 2.29 bits per heavy atom. The Hall–Kier alpha value is -1.31. The summed E-state index contributed by atoms with van der Waals surface area (Å²) in [6, 6.07) is 9.87. The lowest BCUT2D eigenvalue weighted by molar-refractivity contribution is -0.119. The fourth-order valence-corrected chi connectivity index (χ4v) is 2.16. The monoisotopic (exact) mass is 446 g/mol. The zero-order chi connectivity index (χ0) is 16.9. The molecule has 0 radical (unpaired) electrons. The van der Waals surface area contributed by atoms with Crippen molar-refractivity contribution in [2.75, 3.05) is 19.6 Å². The molecule has 0 heterocycles. The number of halogens is 1. The molecule has 1 amide bonds. The first-order valence-electron chi connectivity index (χ1n) is 8.52. The summed E-state index contributed by atoms with van der Waals surface area (Å²) >= 11 is 0. The molecule has 0 fully saturated rings. The van der Waals surface area contributed by atoms with Crippen molar-refractivity contribution in [3.05, 3.63) is 35.9 Å². The van der Waals surface area contributed by atoms with E-state index < -0.39 is 0 Å². The Kier molecular flexibility index (Phi) is 13.3. The predicted molar refractivity (Wildman–Crippen MR) is 112 cm³/mol. The number of nitrogens with one attached hydrogen (secondary N) is 3. The van der Waals surface area contributed by atoms with Gasteiger partial charge >= 0.3 is 0 Å². The van der Waals surface area contributed by atoms with Crippen molar-refractivity contribution in [3.8, 4) is 0 Å². The molecule has 0 bridgehead atoms. The maximum absolute atomic E-state index is 11.9. The minimum absolute atomic E-state index is 0. The van der Waals surface area contributed by atoms with E-state index in [9.17, 15) is 4.79 Å². The molecule has 6 heteroatoms. The van der Waals surface area contributed by atoms with E-state index in [4.69, 9.17) is 0 Å². The van der Waals surface area contributed by atoms with Crippen LogP contribution in [0.25, 0.3) is 0 Å². The van der Waals surface area contributed by atoms with Crippen molar-refractivity contribution < 1.29 is 4.79 Å². The normalized spacial score (nSPS) is 10.9. The van der Waals surface area contributed by atoms with E-state index in [2.05, 4.69) is 34.8 Å². The third kappa shape index (κ3) is 9.75. The van der Waals surface area contributed by atoms with Gasteiger partial charge in [-0.25, -0.2) is 4.99 Å². The lowest BCUT2D eigenvalue weighted by Crippen LogP contribution is -2.40. The minimum Gasteiger partial charge on any atom is -0.357 e. The van der Waals surface area contributed by atoms with Gasteiger partial charge in [0.05, 0.1) is 0 Å². The fraction of sp³-hybridized carbons (Fsp3) is 0.556. The summed E-state index contributed by atoms with van der Waals surface area (Å²) in [7, 11) is 0. The van der Waals surface area contributed by atoms with E-state index >= 15 is 0 Å². The average molecular weight is 446 g/mol. The number of guanidine groups is 1. The largest absolute Gasteiger partial charge is 0.357 e. The smallest absolute Gasteiger partial charge is 0.242 e. The van der Waals surface area contributed by atoms with Gasteiger partial charge in [-0.3, -0.25) is 4.79 Å². The van der Waals surface area contributed by atoms with E-state index in [1.54, 1.807) is 0 Å². The third-order valence-corrected chi connectivity index (χ3v) is 3.77. The summed E-state index contributed by atoms with van der Waals surface area (Å²) in [5, 5.41) is 9.37. The predicted octanol–water partition coefficient (Wildman–Crippen LogP) is 2.91. The van der Waals surface area contributed by atoms with Gasteiger partial charge in [0.2, 0.25) is 5.91 Å². The molecule has 136 valence electrons. The SMILES string of the molecule is CCNC(=NCC(=O)NCc1ccccc1)NCC(CC)CC.I. The molecule has 1 aromatic carbocycles. The first kappa shape index (κ1) is 22.7. The van der Waals surface area contributed by atoms with Crippen LogP contribution in [0, 0.1) is 5.92 Å². The lowest BCUT2D eigenvalue weighted by atomic mass is 10.0. The highest BCUT2D eigenvalue weighted by Gasteiger charge is 2.06. The van der Waals surface area contributed by atoms with E-state index in [0.29, 0.717) is 18.4 Å². The Balaban J connectivity index is 0.00000529. The maximum atomic E-state index is 11.9. The maximum Gasteiger partial charge on any atom is 0.242 e. The van der Waals surface area contributed by atoms with E-state index in [-0.39, 0.29) is 36.4 Å². The number of hydrogen-bond acceptors (Lipinski definition) is 2. The van der Waals surface area contributed by atoms with Gasteiger partial charge in [-0.05, 0) is 18.4 Å². The Bertz CT molecular complexity index is 475. The molecule has 0 atom stereocenters. The number of hydrogen-bond donors (Lipinski definition) is 3. The standard InChI is InChI=1S/C18H30N4O.HI/c1-4-15(5-2)12-21-18(19-6-3)22-14-17(23)20-13-16-10-8-7-9-11-16;/h7-11,15H,4-6,12-14H2,1-3H3,(H,20,23)(H2,19,21,22);1H. The van der Waals surface area contributed by atoms with Gasteiger partial charge in [0.15, 0.2) is 5.96 Å². The fourth-order valence-electron chi connectivity index (χ4n) is 2.16. The molecule has 24 heavy (non-hydrogen) atoms. The van der Waals surface area contributed by atoms with Crippen molar-refractivity contribution in [2.24, 2.45) is 10.9 Å². The first-order valence-corrected chi connectivity index (χ1v) is 8.52. The lowest BCUT2D eigenvalue weighted by Gasteiger charge is -2.16. The van der Waals surface area contributed by atoms with Crippen LogP contribution in [0.15, 0.2) is 35.3 Å². The Labute approximate surface area is 163 Å². The van der Waals surface area contributed by atoms with Crippen molar-refractivity contribution >= 4 is 35.8 Å². The Morgan fingerprint density at radius 2 is 1.71 bits per heavy atom. The molecule has 0 aliphatic carbocycles. The molecular formula is C18H31IN4O. The van der Waals surface area contributed by atoms with Crippen LogP contribution >= 0.6 is 24.0 Å². The molecule has 0 spiro atoms. The molecule has 1 rings (SSSR count). The van der Waals surface area contributed by atoms with Gasteiger partial charge in [-0.2, -0.15) is 0 Å². The van der Waals surface area contributed by atoms with Gasteiger partial charge in [0.25, 0.3) is 0 Å². The van der Waals surface area contributed by atoms with Gasteiger partial charge in [-0.15, -0.1) is 24.0 Å². The second-order valence-electron chi connectivity index (χ2n) is 5.52. The second-order valence-corrected chi connectivity index (χ2v) is 5.52. The van der Waals surface area contributed by atoms with Crippen molar-refractivity contribution in [2.45, 2.75) is 40.2 Å². The Morgan fingerprint density at radius 1 is 1.04 bits per heavy atom. The van der Waals surface area contributed by atoms with Crippen LogP contribution in [0.4, 0.5) is 0 Å². The highest BCUT2D eigenvalue weighted by atomic mass is 127. The summed E-state index contributed by atoms with van der Waals surface area (Å²) in [4.78, 5) is 16.3. The van der Waals surface area contributed by atoms with Crippen LogP contribution in [0.2, 0.25) is 0 Å². The summed E-state index contributed by atoms with van der Waals surface area (Å²) in [6.45, 7) is 8.72. The molecule has 1 aromatic rings. The van der Waals surface area contributed by atoms with E-state index in [0.717, 1.165) is 31.5 Å². The quantitative estimate of drug-likeness (QED) is 0.311. The van der Waals surface area contributed by atoms with E-state index in [1.165, 1.54) is 0 Å². The topological polar surface area (TPSA) is 65.5 Å². The number of carbonyl (C=O) groups is 1. The molecule has 0 saturated heterocycles. The number of carbonyl (C=O) groups excluding carboxylic acids is 1. The van der Waals surface area contributed by atoms with Crippen molar-refractivity contribution in [1.29, 1.82) is 0 Å². The number of nitrogens with zero attached hydrogens (tertiary/aromatic N) is 1. The highest BCUT2D eigenvalue weighted by Crippen LogP contribution is 2.04. The third-order valence-electron chi connectivity index (χ3n) is 3.77. The van der Waals surface area contributed by atoms with Crippen LogP contribution in [0.5, 0.6) is 0 Å². The number of rotatable bonds is 9. The first-order chi connectivity index (χ1) is 11.2. The molecule has 0 saturated carbocycles. The van der Waals surface area contributed by atoms with Crippen LogP contribution in [0.1, 0.15) is 39.2 Å². The molecule has 0 aliphatic rings. The number of aliphatic imine (C=N–C) groups is 1. The summed E-state index contributed by atoms with van der Waals surface area (Å²) in [6.07, 6.45) is 2.28. The summed E-state index contributed by atoms with van der Waals surface area (Å²) in [5.74, 6) is 1.26. The highest BCUT2D eigenvalue weighted by molar-refractivity contribution is 14.0. The van der Waals surface area contributed by atoms with Gasteiger partial charge in [0, 0.05) is 19.6 Å². The number of benzene rings is 1. The van der Waals surface area contributed by atoms with Gasteiger partial charge in [-0.1, -0.05) is 57.0 Å².